The fourth-order valence-corrected chi connectivity index (χ4v) is 1.45. The van der Waals surface area contributed by atoms with Crippen LogP contribution in [0.1, 0.15) is 5.56 Å². The molecule has 15 heavy (non-hydrogen) atoms. The first-order chi connectivity index (χ1) is 7.16. The van der Waals surface area contributed by atoms with Crippen molar-refractivity contribution in [3.8, 4) is 11.1 Å². The molecule has 1 heterocycles. The smallest absolute Gasteiger partial charge is 0.248 e. The van der Waals surface area contributed by atoms with E-state index in [4.69, 9.17) is 0 Å². The Morgan fingerprint density at radius 1 is 1.13 bits per heavy atom. The van der Waals surface area contributed by atoms with Gasteiger partial charge in [-0.2, -0.15) is 0 Å². The second-order valence-electron chi connectivity index (χ2n) is 3.41. The lowest BCUT2D eigenvalue weighted by Gasteiger charge is -2.02. The van der Waals surface area contributed by atoms with Crippen molar-refractivity contribution in [2.24, 2.45) is 0 Å². The topological polar surface area (TPSA) is 32.9 Å². The minimum atomic E-state index is -0.233. The zero-order valence-corrected chi connectivity index (χ0v) is 8.25. The SMILES string of the molecule is Cc1cc(-c2cc[nH]c(=O)c2)ccc1F. The standard InChI is InChI=1S/C12H10FNO/c1-8-6-9(2-3-11(8)13)10-4-5-14-12(15)7-10/h2-7H,1H3,(H,14,15). The molecular formula is C12H10FNO. The fraction of sp³-hybridized carbons (Fsp3) is 0.0833. The van der Waals surface area contributed by atoms with Gasteiger partial charge in [-0.25, -0.2) is 4.39 Å². The lowest BCUT2D eigenvalue weighted by molar-refractivity contribution is 0.619. The summed E-state index contributed by atoms with van der Waals surface area (Å²) in [5.74, 6) is -0.233. The number of aryl methyl sites for hydroxylation is 1. The molecule has 0 saturated carbocycles. The third-order valence-corrected chi connectivity index (χ3v) is 2.27. The van der Waals surface area contributed by atoms with Crippen molar-refractivity contribution in [1.29, 1.82) is 0 Å². The first-order valence-electron chi connectivity index (χ1n) is 4.62. The van der Waals surface area contributed by atoms with E-state index in [1.54, 1.807) is 31.3 Å². The molecule has 2 rings (SSSR count). The molecule has 0 bridgehead atoms. The molecule has 1 N–H and O–H groups in total. The van der Waals surface area contributed by atoms with E-state index >= 15 is 0 Å². The second kappa shape index (κ2) is 3.69. The van der Waals surface area contributed by atoms with Crippen LogP contribution < -0.4 is 5.56 Å². The van der Waals surface area contributed by atoms with Gasteiger partial charge in [0.2, 0.25) is 5.56 Å². The average Bonchev–Trinajstić information content (AvgIpc) is 2.22. The van der Waals surface area contributed by atoms with E-state index in [0.717, 1.165) is 11.1 Å². The summed E-state index contributed by atoms with van der Waals surface area (Å²) >= 11 is 0. The van der Waals surface area contributed by atoms with Gasteiger partial charge in [-0.1, -0.05) is 6.07 Å². The highest BCUT2D eigenvalue weighted by atomic mass is 19.1. The summed E-state index contributed by atoms with van der Waals surface area (Å²) in [6, 6.07) is 8.08. The van der Waals surface area contributed by atoms with E-state index in [-0.39, 0.29) is 11.4 Å². The molecular weight excluding hydrogens is 193 g/mol. The molecule has 0 atom stereocenters. The number of H-pyrrole nitrogens is 1. The van der Waals surface area contributed by atoms with Crippen LogP contribution in [0.2, 0.25) is 0 Å². The van der Waals surface area contributed by atoms with Crippen LogP contribution >= 0.6 is 0 Å². The largest absolute Gasteiger partial charge is 0.329 e. The molecule has 2 nitrogen and oxygen atoms in total. The van der Waals surface area contributed by atoms with Gasteiger partial charge in [0.1, 0.15) is 5.82 Å². The van der Waals surface area contributed by atoms with Crippen molar-refractivity contribution in [2.75, 3.05) is 0 Å². The van der Waals surface area contributed by atoms with Crippen molar-refractivity contribution >= 4 is 0 Å². The highest BCUT2D eigenvalue weighted by molar-refractivity contribution is 5.63. The maximum absolute atomic E-state index is 13.0. The molecule has 0 unspecified atom stereocenters. The van der Waals surface area contributed by atoms with E-state index in [2.05, 4.69) is 4.98 Å². The van der Waals surface area contributed by atoms with E-state index in [9.17, 15) is 9.18 Å². The maximum atomic E-state index is 13.0. The van der Waals surface area contributed by atoms with Crippen molar-refractivity contribution < 1.29 is 4.39 Å². The van der Waals surface area contributed by atoms with Crippen LogP contribution in [0.3, 0.4) is 0 Å². The number of benzene rings is 1. The van der Waals surface area contributed by atoms with Crippen LogP contribution in [0.5, 0.6) is 0 Å². The predicted octanol–water partition coefficient (Wildman–Crippen LogP) is 2.49. The Kier molecular flexibility index (Phi) is 2.37. The van der Waals surface area contributed by atoms with Crippen molar-refractivity contribution in [3.63, 3.8) is 0 Å². The van der Waals surface area contributed by atoms with E-state index in [1.165, 1.54) is 12.1 Å². The summed E-state index contributed by atoms with van der Waals surface area (Å²) < 4.78 is 13.0. The Bertz CT molecular complexity index is 545. The van der Waals surface area contributed by atoms with E-state index in [0.29, 0.717) is 5.56 Å². The van der Waals surface area contributed by atoms with Gasteiger partial charge in [-0.15, -0.1) is 0 Å². The minimum Gasteiger partial charge on any atom is -0.329 e. The number of nitrogens with one attached hydrogen (secondary N) is 1. The zero-order valence-electron chi connectivity index (χ0n) is 8.25. The van der Waals surface area contributed by atoms with Gasteiger partial charge in [0.15, 0.2) is 0 Å². The summed E-state index contributed by atoms with van der Waals surface area (Å²) in [7, 11) is 0. The quantitative estimate of drug-likeness (QED) is 0.758. The number of hydrogen-bond acceptors (Lipinski definition) is 1. The van der Waals surface area contributed by atoms with Crippen LogP contribution in [-0.4, -0.2) is 4.98 Å². The summed E-state index contributed by atoms with van der Waals surface area (Å²) in [6.07, 6.45) is 1.58. The summed E-state index contributed by atoms with van der Waals surface area (Å²) in [5, 5.41) is 0. The van der Waals surface area contributed by atoms with Crippen LogP contribution in [-0.2, 0) is 0 Å². The molecule has 1 aromatic carbocycles. The Morgan fingerprint density at radius 2 is 1.87 bits per heavy atom. The normalized spacial score (nSPS) is 10.3. The van der Waals surface area contributed by atoms with Gasteiger partial charge in [0.05, 0.1) is 0 Å². The number of rotatable bonds is 1. The number of hydrogen-bond donors (Lipinski definition) is 1. The summed E-state index contributed by atoms with van der Waals surface area (Å²) in [5.41, 5.74) is 2.06. The number of aromatic amines is 1. The Hall–Kier alpha value is -1.90. The first-order valence-corrected chi connectivity index (χ1v) is 4.62. The maximum Gasteiger partial charge on any atom is 0.248 e. The Labute approximate surface area is 86.4 Å². The number of aromatic nitrogens is 1. The molecule has 1 aromatic heterocycles. The molecule has 3 heteroatoms. The average molecular weight is 203 g/mol. The molecule has 0 aliphatic rings. The lowest BCUT2D eigenvalue weighted by atomic mass is 10.0. The molecule has 0 aliphatic heterocycles. The molecule has 0 amide bonds. The zero-order chi connectivity index (χ0) is 10.8. The van der Waals surface area contributed by atoms with Crippen molar-refractivity contribution in [3.05, 3.63) is 58.3 Å². The number of pyridine rings is 1. The molecule has 2 aromatic rings. The van der Waals surface area contributed by atoms with Crippen molar-refractivity contribution in [1.82, 2.24) is 4.98 Å². The Morgan fingerprint density at radius 3 is 2.53 bits per heavy atom. The molecule has 0 saturated heterocycles. The van der Waals surface area contributed by atoms with Crippen LogP contribution in [0.4, 0.5) is 4.39 Å². The third-order valence-electron chi connectivity index (χ3n) is 2.27. The Balaban J connectivity index is 2.55. The van der Waals surface area contributed by atoms with Gasteiger partial charge in [-0.3, -0.25) is 4.79 Å². The predicted molar refractivity (Wildman–Crippen MR) is 57.2 cm³/mol. The fourth-order valence-electron chi connectivity index (χ4n) is 1.45. The molecule has 0 aliphatic carbocycles. The van der Waals surface area contributed by atoms with Gasteiger partial charge in [0.25, 0.3) is 0 Å². The molecule has 0 radical (unpaired) electrons. The van der Waals surface area contributed by atoms with Gasteiger partial charge in [0, 0.05) is 12.3 Å². The van der Waals surface area contributed by atoms with Crippen LogP contribution in [0.25, 0.3) is 11.1 Å². The van der Waals surface area contributed by atoms with Crippen LogP contribution in [0, 0.1) is 12.7 Å². The highest BCUT2D eigenvalue weighted by Gasteiger charge is 2.01. The van der Waals surface area contributed by atoms with Crippen molar-refractivity contribution in [2.45, 2.75) is 6.92 Å². The monoisotopic (exact) mass is 203 g/mol. The first kappa shape index (κ1) is 9.65. The molecule has 0 fully saturated rings. The van der Waals surface area contributed by atoms with E-state index in [1.807, 2.05) is 0 Å². The van der Waals surface area contributed by atoms with Gasteiger partial charge >= 0.3 is 0 Å². The third kappa shape index (κ3) is 1.96. The minimum absolute atomic E-state index is 0.158. The summed E-state index contributed by atoms with van der Waals surface area (Å²) in [4.78, 5) is 13.6. The highest BCUT2D eigenvalue weighted by Crippen LogP contribution is 2.19. The van der Waals surface area contributed by atoms with E-state index < -0.39 is 0 Å². The van der Waals surface area contributed by atoms with Crippen LogP contribution in [0.15, 0.2) is 41.3 Å². The second-order valence-corrected chi connectivity index (χ2v) is 3.41. The summed E-state index contributed by atoms with van der Waals surface area (Å²) in [6.45, 7) is 1.70. The lowest BCUT2D eigenvalue weighted by Crippen LogP contribution is -2.02. The molecule has 0 spiro atoms. The van der Waals surface area contributed by atoms with Gasteiger partial charge < -0.3 is 4.98 Å². The number of halogens is 1. The molecule has 76 valence electrons. The van der Waals surface area contributed by atoms with Gasteiger partial charge in [-0.05, 0) is 41.8 Å².